The molecule has 0 aliphatic carbocycles. The van der Waals surface area contributed by atoms with Crippen molar-refractivity contribution in [1.29, 1.82) is 0 Å². The second-order valence-corrected chi connectivity index (χ2v) is 7.28. The van der Waals surface area contributed by atoms with Crippen LogP contribution in [0.25, 0.3) is 0 Å². The number of ether oxygens (including phenoxy) is 2. The molecule has 2 aliphatic rings. The van der Waals surface area contributed by atoms with E-state index in [1.54, 1.807) is 0 Å². The summed E-state index contributed by atoms with van der Waals surface area (Å²) in [5.41, 5.74) is 0.758. The van der Waals surface area contributed by atoms with Crippen LogP contribution < -0.4 is 4.74 Å². The van der Waals surface area contributed by atoms with Crippen molar-refractivity contribution >= 4 is 5.78 Å². The van der Waals surface area contributed by atoms with E-state index in [4.69, 9.17) is 9.47 Å². The lowest BCUT2D eigenvalue weighted by Gasteiger charge is -2.34. The third-order valence-corrected chi connectivity index (χ3v) is 5.16. The molecule has 0 amide bonds. The Morgan fingerprint density at radius 1 is 1.12 bits per heavy atom. The fraction of sp³-hybridized carbons (Fsp3) is 0.650. The SMILES string of the molecule is CC(C)N1CCC(Oc2ccc(C(=O)CN3CCOCC3)cc2)CC1. The first-order chi connectivity index (χ1) is 12.1. The predicted molar refractivity (Wildman–Crippen MR) is 98.4 cm³/mol. The number of nitrogens with zero attached hydrogens (tertiary/aromatic N) is 2. The van der Waals surface area contributed by atoms with Crippen LogP contribution in [0, 0.1) is 0 Å². The molecule has 5 heteroatoms. The molecule has 0 atom stereocenters. The van der Waals surface area contributed by atoms with E-state index >= 15 is 0 Å². The molecule has 0 unspecified atom stereocenters. The van der Waals surface area contributed by atoms with Gasteiger partial charge in [-0.25, -0.2) is 0 Å². The Morgan fingerprint density at radius 3 is 2.36 bits per heavy atom. The Bertz CT molecular complexity index is 545. The van der Waals surface area contributed by atoms with Crippen molar-refractivity contribution in [2.24, 2.45) is 0 Å². The lowest BCUT2D eigenvalue weighted by Crippen LogP contribution is -2.41. The number of piperidine rings is 1. The Morgan fingerprint density at radius 2 is 1.76 bits per heavy atom. The molecule has 0 aromatic heterocycles. The van der Waals surface area contributed by atoms with Crippen LogP contribution in [0.15, 0.2) is 24.3 Å². The quantitative estimate of drug-likeness (QED) is 0.740. The van der Waals surface area contributed by atoms with Gasteiger partial charge in [-0.3, -0.25) is 9.69 Å². The third-order valence-electron chi connectivity index (χ3n) is 5.16. The number of likely N-dealkylation sites (tertiary alicyclic amines) is 1. The molecule has 25 heavy (non-hydrogen) atoms. The second-order valence-electron chi connectivity index (χ2n) is 7.28. The Balaban J connectivity index is 1.48. The van der Waals surface area contributed by atoms with E-state index in [1.807, 2.05) is 24.3 Å². The summed E-state index contributed by atoms with van der Waals surface area (Å²) >= 11 is 0. The molecular weight excluding hydrogens is 316 g/mol. The fourth-order valence-corrected chi connectivity index (χ4v) is 3.48. The molecule has 2 fully saturated rings. The molecular formula is C20H30N2O3. The van der Waals surface area contributed by atoms with E-state index in [9.17, 15) is 4.79 Å². The number of benzene rings is 1. The molecule has 0 spiro atoms. The van der Waals surface area contributed by atoms with Gasteiger partial charge in [-0.1, -0.05) is 0 Å². The highest BCUT2D eigenvalue weighted by atomic mass is 16.5. The van der Waals surface area contributed by atoms with E-state index in [1.165, 1.54) is 0 Å². The third kappa shape index (κ3) is 5.27. The molecule has 2 saturated heterocycles. The first kappa shape index (κ1) is 18.4. The standard InChI is InChI=1S/C20H30N2O3/c1-16(2)22-9-7-19(8-10-22)25-18-5-3-17(4-6-18)20(23)15-21-11-13-24-14-12-21/h3-6,16,19H,7-15H2,1-2H3. The van der Waals surface area contributed by atoms with Gasteiger partial charge in [0.2, 0.25) is 0 Å². The lowest BCUT2D eigenvalue weighted by molar-refractivity contribution is 0.0371. The van der Waals surface area contributed by atoms with Crippen molar-refractivity contribution in [2.75, 3.05) is 45.9 Å². The minimum absolute atomic E-state index is 0.165. The maximum atomic E-state index is 12.4. The number of rotatable bonds is 6. The van der Waals surface area contributed by atoms with E-state index in [0.29, 0.717) is 12.6 Å². The van der Waals surface area contributed by atoms with Crippen molar-refractivity contribution in [3.05, 3.63) is 29.8 Å². The molecule has 3 rings (SSSR count). The van der Waals surface area contributed by atoms with Crippen molar-refractivity contribution in [3.63, 3.8) is 0 Å². The van der Waals surface area contributed by atoms with Crippen molar-refractivity contribution in [1.82, 2.24) is 9.80 Å². The van der Waals surface area contributed by atoms with Gasteiger partial charge in [0, 0.05) is 37.8 Å². The first-order valence-corrected chi connectivity index (χ1v) is 9.46. The summed E-state index contributed by atoms with van der Waals surface area (Å²) in [6, 6.07) is 8.25. The summed E-state index contributed by atoms with van der Waals surface area (Å²) in [5, 5.41) is 0. The highest BCUT2D eigenvalue weighted by Crippen LogP contribution is 2.21. The van der Waals surface area contributed by atoms with Crippen molar-refractivity contribution < 1.29 is 14.3 Å². The van der Waals surface area contributed by atoms with Gasteiger partial charge in [-0.2, -0.15) is 0 Å². The molecule has 0 saturated carbocycles. The maximum absolute atomic E-state index is 12.4. The molecule has 0 radical (unpaired) electrons. The number of ketones is 1. The minimum Gasteiger partial charge on any atom is -0.490 e. The maximum Gasteiger partial charge on any atom is 0.176 e. The average molecular weight is 346 g/mol. The van der Waals surface area contributed by atoms with Gasteiger partial charge in [0.15, 0.2) is 5.78 Å². The minimum atomic E-state index is 0.165. The number of Topliss-reactive ketones (excluding diaryl/α,β-unsaturated/α-hetero) is 1. The number of hydrogen-bond acceptors (Lipinski definition) is 5. The van der Waals surface area contributed by atoms with Crippen LogP contribution in [0.2, 0.25) is 0 Å². The predicted octanol–water partition coefficient (Wildman–Crippen LogP) is 2.45. The zero-order valence-electron chi connectivity index (χ0n) is 15.4. The van der Waals surface area contributed by atoms with E-state index in [0.717, 1.165) is 63.5 Å². The van der Waals surface area contributed by atoms with Crippen LogP contribution >= 0.6 is 0 Å². The number of carbonyl (C=O) groups is 1. The van der Waals surface area contributed by atoms with Gasteiger partial charge in [-0.15, -0.1) is 0 Å². The highest BCUT2D eigenvalue weighted by molar-refractivity contribution is 5.97. The average Bonchev–Trinajstić information content (AvgIpc) is 2.63. The Hall–Kier alpha value is -1.43. The molecule has 0 N–H and O–H groups in total. The summed E-state index contributed by atoms with van der Waals surface area (Å²) in [4.78, 5) is 17.0. The smallest absolute Gasteiger partial charge is 0.176 e. The molecule has 2 heterocycles. The molecule has 5 nitrogen and oxygen atoms in total. The summed E-state index contributed by atoms with van der Waals surface area (Å²) in [6.07, 6.45) is 2.41. The van der Waals surface area contributed by atoms with E-state index < -0.39 is 0 Å². The monoisotopic (exact) mass is 346 g/mol. The zero-order chi connectivity index (χ0) is 17.6. The van der Waals surface area contributed by atoms with Crippen LogP contribution in [0.1, 0.15) is 37.0 Å². The number of carbonyl (C=O) groups excluding carboxylic acids is 1. The van der Waals surface area contributed by atoms with Gasteiger partial charge in [0.25, 0.3) is 0 Å². The molecule has 138 valence electrons. The number of morpholine rings is 1. The topological polar surface area (TPSA) is 42.0 Å². The Labute approximate surface area is 150 Å². The first-order valence-electron chi connectivity index (χ1n) is 9.46. The Kier molecular flexibility index (Phi) is 6.45. The van der Waals surface area contributed by atoms with Crippen LogP contribution in [-0.4, -0.2) is 73.7 Å². The molecule has 1 aromatic rings. The second kappa shape index (κ2) is 8.79. The number of hydrogen-bond donors (Lipinski definition) is 0. The van der Waals surface area contributed by atoms with Gasteiger partial charge in [-0.05, 0) is 51.0 Å². The molecule has 1 aromatic carbocycles. The van der Waals surface area contributed by atoms with Crippen molar-refractivity contribution in [3.8, 4) is 5.75 Å². The fourth-order valence-electron chi connectivity index (χ4n) is 3.48. The largest absolute Gasteiger partial charge is 0.490 e. The van der Waals surface area contributed by atoms with Gasteiger partial charge < -0.3 is 14.4 Å². The summed E-state index contributed by atoms with van der Waals surface area (Å²) in [6.45, 7) is 10.3. The van der Waals surface area contributed by atoms with Crippen molar-refractivity contribution in [2.45, 2.75) is 38.8 Å². The molecule has 2 aliphatic heterocycles. The normalized spacial score (nSPS) is 20.8. The highest BCUT2D eigenvalue weighted by Gasteiger charge is 2.22. The van der Waals surface area contributed by atoms with Gasteiger partial charge >= 0.3 is 0 Å². The summed E-state index contributed by atoms with van der Waals surface area (Å²) in [5.74, 6) is 1.03. The van der Waals surface area contributed by atoms with E-state index in [-0.39, 0.29) is 11.9 Å². The van der Waals surface area contributed by atoms with Crippen LogP contribution in [0.3, 0.4) is 0 Å². The summed E-state index contributed by atoms with van der Waals surface area (Å²) in [7, 11) is 0. The van der Waals surface area contributed by atoms with Gasteiger partial charge in [0.05, 0.1) is 19.8 Å². The van der Waals surface area contributed by atoms with Crippen LogP contribution in [-0.2, 0) is 4.74 Å². The lowest BCUT2D eigenvalue weighted by atomic mass is 10.1. The zero-order valence-corrected chi connectivity index (χ0v) is 15.4. The van der Waals surface area contributed by atoms with E-state index in [2.05, 4.69) is 23.6 Å². The van der Waals surface area contributed by atoms with Crippen LogP contribution in [0.4, 0.5) is 0 Å². The van der Waals surface area contributed by atoms with Crippen LogP contribution in [0.5, 0.6) is 5.75 Å². The molecule has 0 bridgehead atoms. The van der Waals surface area contributed by atoms with Gasteiger partial charge in [0.1, 0.15) is 11.9 Å². The summed E-state index contributed by atoms with van der Waals surface area (Å²) < 4.78 is 11.4.